The molecule has 1 aromatic heterocycles. The summed E-state index contributed by atoms with van der Waals surface area (Å²) < 4.78 is 18.3. The fraction of sp³-hybridized carbons (Fsp3) is 0.207. The summed E-state index contributed by atoms with van der Waals surface area (Å²) in [7, 11) is 3.07. The number of hydrogen-bond acceptors (Lipinski definition) is 8. The molecule has 9 heteroatoms. The highest BCUT2D eigenvalue weighted by atomic mass is 32.1. The van der Waals surface area contributed by atoms with Crippen molar-refractivity contribution in [3.8, 4) is 17.2 Å². The predicted octanol–water partition coefficient (Wildman–Crippen LogP) is 3.67. The number of aromatic nitrogens is 1. The largest absolute Gasteiger partial charge is 0.507 e. The average molecular weight is 531 g/mol. The summed E-state index contributed by atoms with van der Waals surface area (Å²) in [6.07, 6.45) is 1.67. The molecule has 8 nitrogen and oxygen atoms in total. The van der Waals surface area contributed by atoms with E-state index in [1.807, 2.05) is 30.3 Å². The van der Waals surface area contributed by atoms with Gasteiger partial charge in [-0.15, -0.1) is 0 Å². The van der Waals surface area contributed by atoms with Crippen LogP contribution in [0, 0.1) is 0 Å². The average Bonchev–Trinajstić information content (AvgIpc) is 3.23. The Morgan fingerprint density at radius 3 is 2.66 bits per heavy atom. The van der Waals surface area contributed by atoms with E-state index in [-0.39, 0.29) is 23.5 Å². The van der Waals surface area contributed by atoms with E-state index >= 15 is 0 Å². The second kappa shape index (κ2) is 10.2. The Labute approximate surface area is 222 Å². The molecule has 0 amide bonds. The highest BCUT2D eigenvalue weighted by Gasteiger charge is 2.35. The standard InChI is InChI=1S/C29H26N2O6S/c1-5-37-28(34)25-16(2)30-29-31(26(25)21-14-18(35-3)11-13-23(21)36-4)27(33)24(38-29)15-20-19-9-7-6-8-17(19)10-12-22(20)32/h6-15,26,32H,5H2,1-4H3/b24-15-/t26-/m1/s1. The number of fused-ring (bicyclic) bond motifs is 2. The van der Waals surface area contributed by atoms with Crippen molar-refractivity contribution in [1.29, 1.82) is 0 Å². The van der Waals surface area contributed by atoms with E-state index in [2.05, 4.69) is 4.99 Å². The minimum atomic E-state index is -0.862. The Morgan fingerprint density at radius 1 is 1.13 bits per heavy atom. The maximum Gasteiger partial charge on any atom is 0.338 e. The maximum absolute atomic E-state index is 14.0. The van der Waals surface area contributed by atoms with Crippen molar-refractivity contribution in [2.75, 3.05) is 20.8 Å². The number of phenolic OH excluding ortho intramolecular Hbond substituents is 1. The van der Waals surface area contributed by atoms with Gasteiger partial charge in [-0.2, -0.15) is 0 Å². The highest BCUT2D eigenvalue weighted by molar-refractivity contribution is 7.07. The number of allylic oxidation sites excluding steroid dienone is 1. The van der Waals surface area contributed by atoms with Crippen molar-refractivity contribution in [3.05, 3.63) is 96.7 Å². The van der Waals surface area contributed by atoms with E-state index in [4.69, 9.17) is 14.2 Å². The Balaban J connectivity index is 1.81. The van der Waals surface area contributed by atoms with Crippen molar-refractivity contribution in [3.63, 3.8) is 0 Å². The lowest BCUT2D eigenvalue weighted by Crippen LogP contribution is -2.40. The van der Waals surface area contributed by atoms with Crippen LogP contribution in [0.4, 0.5) is 0 Å². The molecule has 1 N–H and O–H groups in total. The van der Waals surface area contributed by atoms with Crippen LogP contribution < -0.4 is 24.4 Å². The van der Waals surface area contributed by atoms with Crippen LogP contribution in [0.3, 0.4) is 0 Å². The second-order valence-corrected chi connectivity index (χ2v) is 9.64. The number of esters is 1. The molecule has 1 aliphatic heterocycles. The number of rotatable bonds is 6. The maximum atomic E-state index is 14.0. The normalized spacial score (nSPS) is 15.3. The first-order chi connectivity index (χ1) is 18.4. The Morgan fingerprint density at radius 2 is 1.92 bits per heavy atom. The molecular formula is C29H26N2O6S. The van der Waals surface area contributed by atoms with Gasteiger partial charge in [0, 0.05) is 11.1 Å². The number of methoxy groups -OCH3 is 2. The first-order valence-corrected chi connectivity index (χ1v) is 12.8. The first-order valence-electron chi connectivity index (χ1n) is 12.0. The molecule has 0 unspecified atom stereocenters. The zero-order valence-corrected chi connectivity index (χ0v) is 22.2. The van der Waals surface area contributed by atoms with Gasteiger partial charge in [0.15, 0.2) is 4.80 Å². The molecule has 3 aromatic carbocycles. The second-order valence-electron chi connectivity index (χ2n) is 8.63. The lowest BCUT2D eigenvalue weighted by Gasteiger charge is -2.26. The number of carbonyl (C=O) groups excluding carboxylic acids is 1. The highest BCUT2D eigenvalue weighted by Crippen LogP contribution is 2.38. The third kappa shape index (κ3) is 4.24. The summed E-state index contributed by atoms with van der Waals surface area (Å²) >= 11 is 1.19. The van der Waals surface area contributed by atoms with E-state index < -0.39 is 12.0 Å². The number of phenols is 1. The summed E-state index contributed by atoms with van der Waals surface area (Å²) in [5.41, 5.74) is 1.42. The third-order valence-electron chi connectivity index (χ3n) is 6.47. The smallest absolute Gasteiger partial charge is 0.338 e. The van der Waals surface area contributed by atoms with Gasteiger partial charge in [-0.05, 0) is 55.0 Å². The fourth-order valence-corrected chi connectivity index (χ4v) is 5.73. The topological polar surface area (TPSA) is 99.4 Å². The Kier molecular flexibility index (Phi) is 6.77. The summed E-state index contributed by atoms with van der Waals surface area (Å²) in [4.78, 5) is 32.2. The van der Waals surface area contributed by atoms with Gasteiger partial charge >= 0.3 is 5.97 Å². The predicted molar refractivity (Wildman–Crippen MR) is 146 cm³/mol. The van der Waals surface area contributed by atoms with Crippen molar-refractivity contribution < 1.29 is 24.1 Å². The quantitative estimate of drug-likeness (QED) is 0.382. The van der Waals surface area contributed by atoms with Gasteiger partial charge in [0.1, 0.15) is 23.3 Å². The number of carbonyl (C=O) groups is 1. The molecule has 0 bridgehead atoms. The van der Waals surface area contributed by atoms with Crippen LogP contribution in [0.1, 0.15) is 31.0 Å². The van der Waals surface area contributed by atoms with Gasteiger partial charge in [-0.1, -0.05) is 41.7 Å². The number of ether oxygens (including phenoxy) is 3. The molecule has 38 heavy (non-hydrogen) atoms. The van der Waals surface area contributed by atoms with Gasteiger partial charge in [-0.3, -0.25) is 9.36 Å². The molecule has 1 atom stereocenters. The van der Waals surface area contributed by atoms with E-state index in [1.54, 1.807) is 51.3 Å². The SMILES string of the molecule is CCOC(=O)C1=C(C)N=c2s/c(=C\c3c(O)ccc4ccccc34)c(=O)n2[C@@H]1c1cc(OC)ccc1OC. The zero-order valence-electron chi connectivity index (χ0n) is 21.3. The lowest BCUT2D eigenvalue weighted by atomic mass is 9.94. The van der Waals surface area contributed by atoms with Gasteiger partial charge in [0.2, 0.25) is 0 Å². The zero-order chi connectivity index (χ0) is 27.0. The number of nitrogens with zero attached hydrogens (tertiary/aromatic N) is 2. The molecular weight excluding hydrogens is 504 g/mol. The Bertz CT molecular complexity index is 1780. The summed E-state index contributed by atoms with van der Waals surface area (Å²) in [6.45, 7) is 3.61. The van der Waals surface area contributed by atoms with Crippen molar-refractivity contribution >= 4 is 34.2 Å². The molecule has 0 aliphatic carbocycles. The molecule has 0 radical (unpaired) electrons. The van der Waals surface area contributed by atoms with Crippen LogP contribution in [0.5, 0.6) is 17.2 Å². The van der Waals surface area contributed by atoms with Gasteiger partial charge in [0.25, 0.3) is 5.56 Å². The Hall–Kier alpha value is -4.37. The van der Waals surface area contributed by atoms with E-state index in [1.165, 1.54) is 23.0 Å². The van der Waals surface area contributed by atoms with Crippen LogP contribution >= 0.6 is 11.3 Å². The number of benzene rings is 3. The van der Waals surface area contributed by atoms with Crippen LogP contribution in [0.25, 0.3) is 16.8 Å². The van der Waals surface area contributed by atoms with Crippen LogP contribution in [-0.4, -0.2) is 36.5 Å². The number of hydrogen-bond donors (Lipinski definition) is 1. The molecule has 0 saturated heterocycles. The van der Waals surface area contributed by atoms with Crippen molar-refractivity contribution in [2.45, 2.75) is 19.9 Å². The van der Waals surface area contributed by atoms with Crippen LogP contribution in [0.15, 0.2) is 75.7 Å². The van der Waals surface area contributed by atoms with E-state index in [9.17, 15) is 14.7 Å². The van der Waals surface area contributed by atoms with Crippen molar-refractivity contribution in [2.24, 2.45) is 4.99 Å². The monoisotopic (exact) mass is 530 g/mol. The van der Waals surface area contributed by atoms with E-state index in [0.29, 0.717) is 37.7 Å². The lowest BCUT2D eigenvalue weighted by molar-refractivity contribution is -0.139. The number of aromatic hydroxyl groups is 1. The molecule has 4 aromatic rings. The molecule has 1 aliphatic rings. The summed E-state index contributed by atoms with van der Waals surface area (Å²) in [5.74, 6) is 0.517. The molecule has 5 rings (SSSR count). The minimum Gasteiger partial charge on any atom is -0.507 e. The van der Waals surface area contributed by atoms with Gasteiger partial charge in [0.05, 0.1) is 36.6 Å². The summed E-state index contributed by atoms with van der Waals surface area (Å²) in [5, 5.41) is 12.4. The van der Waals surface area contributed by atoms with Crippen LogP contribution in [-0.2, 0) is 9.53 Å². The fourth-order valence-electron chi connectivity index (χ4n) is 4.71. The molecule has 0 spiro atoms. The third-order valence-corrected chi connectivity index (χ3v) is 7.45. The molecule has 0 saturated carbocycles. The minimum absolute atomic E-state index is 0.0592. The van der Waals surface area contributed by atoms with Gasteiger partial charge in [-0.25, -0.2) is 9.79 Å². The number of thiazole rings is 1. The van der Waals surface area contributed by atoms with Gasteiger partial charge < -0.3 is 19.3 Å². The molecule has 2 heterocycles. The molecule has 194 valence electrons. The van der Waals surface area contributed by atoms with Crippen molar-refractivity contribution in [1.82, 2.24) is 4.57 Å². The molecule has 0 fully saturated rings. The summed E-state index contributed by atoms with van der Waals surface area (Å²) in [6, 6.07) is 15.4. The van der Waals surface area contributed by atoms with E-state index in [0.717, 1.165) is 10.8 Å². The first kappa shape index (κ1) is 25.3. The van der Waals surface area contributed by atoms with Crippen LogP contribution in [0.2, 0.25) is 0 Å².